The zero-order chi connectivity index (χ0) is 23.3. The fourth-order valence-corrected chi connectivity index (χ4v) is 2.78. The number of nitrogens with zero attached hydrogens (tertiary/aromatic N) is 4. The summed E-state index contributed by atoms with van der Waals surface area (Å²) in [5.74, 6) is -0.154. The first-order valence-corrected chi connectivity index (χ1v) is 10.0. The topological polar surface area (TPSA) is 93.2 Å². The van der Waals surface area contributed by atoms with Gasteiger partial charge in [-0.25, -0.2) is 15.0 Å². The Kier molecular flexibility index (Phi) is 7.70. The highest BCUT2D eigenvalue weighted by atomic mass is 19.4. The third-order valence-electron chi connectivity index (χ3n) is 4.60. The first kappa shape index (κ1) is 24.2. The molecule has 0 saturated heterocycles. The van der Waals surface area contributed by atoms with Gasteiger partial charge in [-0.2, -0.15) is 13.2 Å². The molecule has 0 bridgehead atoms. The predicted molar refractivity (Wildman–Crippen MR) is 120 cm³/mol. The van der Waals surface area contributed by atoms with E-state index in [0.29, 0.717) is 28.4 Å². The number of aromatic nitrogens is 3. The van der Waals surface area contributed by atoms with Crippen molar-refractivity contribution in [1.82, 2.24) is 14.5 Å². The molecule has 0 radical (unpaired) electrons. The zero-order valence-corrected chi connectivity index (χ0v) is 18.7. The molecular formula is C21H30F3N7. The van der Waals surface area contributed by atoms with Crippen LogP contribution in [0.25, 0.3) is 11.2 Å². The van der Waals surface area contributed by atoms with E-state index >= 15 is 0 Å². The van der Waals surface area contributed by atoms with Gasteiger partial charge in [0, 0.05) is 25.0 Å². The van der Waals surface area contributed by atoms with E-state index in [-0.39, 0.29) is 5.82 Å². The molecule has 7 nitrogen and oxygen atoms in total. The van der Waals surface area contributed by atoms with Crippen molar-refractivity contribution in [2.75, 3.05) is 10.6 Å². The second-order valence-electron chi connectivity index (χ2n) is 7.85. The predicted octanol–water partition coefficient (Wildman–Crippen LogP) is 4.95. The van der Waals surface area contributed by atoms with E-state index in [2.05, 4.69) is 25.6 Å². The summed E-state index contributed by atoms with van der Waals surface area (Å²) >= 11 is 0. The highest BCUT2D eigenvalue weighted by Gasteiger charge is 2.42. The van der Waals surface area contributed by atoms with Crippen LogP contribution < -0.4 is 16.4 Å². The van der Waals surface area contributed by atoms with E-state index in [4.69, 9.17) is 5.73 Å². The standard InChI is InChI=1S/C21H30F3N7/c1-7-13(4)10-26-16(8-14(5)25)28-15-9-17(29-19(12(2)3)21(22,23)24)30-20-18(15)27-11-31(20)6/h8-12,19H,7,25H2,1-6H3,(H2,26,28,29,30)/b13-10+,14-8+. The van der Waals surface area contributed by atoms with Crippen LogP contribution in [0.15, 0.2) is 40.9 Å². The lowest BCUT2D eigenvalue weighted by atomic mass is 10.0. The Morgan fingerprint density at radius 3 is 2.55 bits per heavy atom. The molecule has 4 N–H and O–H groups in total. The number of rotatable bonds is 7. The summed E-state index contributed by atoms with van der Waals surface area (Å²) < 4.78 is 42.1. The number of fused-ring (bicyclic) bond motifs is 1. The van der Waals surface area contributed by atoms with E-state index in [1.54, 1.807) is 37.1 Å². The van der Waals surface area contributed by atoms with Crippen molar-refractivity contribution in [3.63, 3.8) is 0 Å². The Balaban J connectivity index is 2.54. The molecule has 0 aromatic carbocycles. The van der Waals surface area contributed by atoms with Crippen LogP contribution in [0.1, 0.15) is 41.0 Å². The number of nitrogens with two attached hydrogens (primary N) is 1. The Morgan fingerprint density at radius 1 is 1.32 bits per heavy atom. The van der Waals surface area contributed by atoms with Crippen LogP contribution in [0.5, 0.6) is 0 Å². The SMILES string of the molecule is CC/C(C)=C/N=C(\C=C(/C)N)Nc1cc(NC(C(C)C)C(F)(F)F)nc2c1ncn2C. The van der Waals surface area contributed by atoms with Gasteiger partial charge in [0.2, 0.25) is 0 Å². The van der Waals surface area contributed by atoms with E-state index in [0.717, 1.165) is 12.0 Å². The number of halogens is 3. The van der Waals surface area contributed by atoms with Gasteiger partial charge in [0.25, 0.3) is 0 Å². The third kappa shape index (κ3) is 6.47. The van der Waals surface area contributed by atoms with Gasteiger partial charge in [-0.15, -0.1) is 0 Å². The number of hydrogen-bond acceptors (Lipinski definition) is 5. The molecule has 0 aliphatic carbocycles. The van der Waals surface area contributed by atoms with Gasteiger partial charge in [-0.3, -0.25) is 0 Å². The maximum absolute atomic E-state index is 13.5. The molecule has 2 aromatic heterocycles. The Hall–Kier alpha value is -3.04. The Morgan fingerprint density at radius 2 is 2.00 bits per heavy atom. The number of imidazole rings is 1. The van der Waals surface area contributed by atoms with Crippen LogP contribution in [0.4, 0.5) is 24.7 Å². The van der Waals surface area contributed by atoms with Crippen LogP contribution in [-0.4, -0.2) is 32.6 Å². The van der Waals surface area contributed by atoms with E-state index < -0.39 is 18.1 Å². The summed E-state index contributed by atoms with van der Waals surface area (Å²) in [5.41, 5.74) is 8.83. The summed E-state index contributed by atoms with van der Waals surface area (Å²) in [7, 11) is 1.73. The summed E-state index contributed by atoms with van der Waals surface area (Å²) in [4.78, 5) is 13.1. The number of alkyl halides is 3. The first-order valence-electron chi connectivity index (χ1n) is 10.0. The minimum absolute atomic E-state index is 0.0858. The van der Waals surface area contributed by atoms with Crippen molar-refractivity contribution in [2.45, 2.75) is 53.3 Å². The molecule has 1 atom stereocenters. The quantitative estimate of drug-likeness (QED) is 0.421. The van der Waals surface area contributed by atoms with E-state index in [9.17, 15) is 13.2 Å². The summed E-state index contributed by atoms with van der Waals surface area (Å²) in [6.07, 6.45) is 1.34. The van der Waals surface area contributed by atoms with E-state index in [1.165, 1.54) is 19.9 Å². The molecule has 170 valence electrons. The smallest absolute Gasteiger partial charge is 0.402 e. The summed E-state index contributed by atoms with van der Waals surface area (Å²) in [6.45, 7) is 8.71. The van der Waals surface area contributed by atoms with Crippen LogP contribution in [-0.2, 0) is 7.05 Å². The van der Waals surface area contributed by atoms with Crippen molar-refractivity contribution >= 4 is 28.5 Å². The summed E-state index contributed by atoms with van der Waals surface area (Å²) in [5, 5.41) is 5.67. The largest absolute Gasteiger partial charge is 0.408 e. The molecule has 0 amide bonds. The van der Waals surface area contributed by atoms with Gasteiger partial charge in [0.15, 0.2) is 5.65 Å². The minimum Gasteiger partial charge on any atom is -0.402 e. The highest BCUT2D eigenvalue weighted by Crippen LogP contribution is 2.30. The fraction of sp³-hybridized carbons (Fsp3) is 0.476. The fourth-order valence-electron chi connectivity index (χ4n) is 2.78. The Labute approximate surface area is 180 Å². The molecule has 2 aromatic rings. The minimum atomic E-state index is -4.42. The Bertz CT molecular complexity index is 996. The number of amidine groups is 1. The maximum Gasteiger partial charge on any atom is 0.408 e. The molecule has 2 rings (SSSR count). The van der Waals surface area contributed by atoms with Crippen LogP contribution in [0.2, 0.25) is 0 Å². The second kappa shape index (κ2) is 9.84. The van der Waals surface area contributed by atoms with Gasteiger partial charge in [0.1, 0.15) is 23.2 Å². The number of nitrogens with one attached hydrogen (secondary N) is 2. The first-order chi connectivity index (χ1) is 14.4. The van der Waals surface area contributed by atoms with Gasteiger partial charge >= 0.3 is 6.18 Å². The molecular weight excluding hydrogens is 407 g/mol. The van der Waals surface area contributed by atoms with Crippen molar-refractivity contribution in [3.8, 4) is 0 Å². The van der Waals surface area contributed by atoms with Crippen molar-refractivity contribution in [3.05, 3.63) is 35.9 Å². The molecule has 0 aliphatic heterocycles. The molecule has 1 unspecified atom stereocenters. The van der Waals surface area contributed by atoms with Gasteiger partial charge in [0.05, 0.1) is 12.0 Å². The zero-order valence-electron chi connectivity index (χ0n) is 18.7. The van der Waals surface area contributed by atoms with Crippen molar-refractivity contribution in [2.24, 2.45) is 23.7 Å². The molecule has 0 spiro atoms. The van der Waals surface area contributed by atoms with Gasteiger partial charge < -0.3 is 20.9 Å². The number of anilines is 2. The van der Waals surface area contributed by atoms with Crippen LogP contribution in [0.3, 0.4) is 0 Å². The monoisotopic (exact) mass is 437 g/mol. The van der Waals surface area contributed by atoms with Crippen molar-refractivity contribution < 1.29 is 13.2 Å². The molecule has 0 fully saturated rings. The molecule has 31 heavy (non-hydrogen) atoms. The van der Waals surface area contributed by atoms with E-state index in [1.807, 2.05) is 13.8 Å². The number of pyridine rings is 1. The highest BCUT2D eigenvalue weighted by molar-refractivity contribution is 6.08. The molecule has 0 saturated carbocycles. The number of aryl methyl sites for hydroxylation is 1. The van der Waals surface area contributed by atoms with Crippen LogP contribution in [0, 0.1) is 5.92 Å². The number of aliphatic imine (C=N–C) groups is 1. The average Bonchev–Trinajstić information content (AvgIpc) is 3.03. The van der Waals surface area contributed by atoms with Gasteiger partial charge in [-0.1, -0.05) is 26.3 Å². The van der Waals surface area contributed by atoms with Crippen molar-refractivity contribution in [1.29, 1.82) is 0 Å². The molecule has 2 heterocycles. The lowest BCUT2D eigenvalue weighted by Crippen LogP contribution is -2.40. The molecule has 10 heteroatoms. The normalized spacial score (nSPS) is 15.0. The second-order valence-corrected chi connectivity index (χ2v) is 7.85. The summed E-state index contributed by atoms with van der Waals surface area (Å²) in [6, 6.07) is -0.241. The average molecular weight is 438 g/mol. The lowest BCUT2D eigenvalue weighted by molar-refractivity contribution is -0.150. The maximum atomic E-state index is 13.5. The lowest BCUT2D eigenvalue weighted by Gasteiger charge is -2.25. The van der Waals surface area contributed by atoms with Crippen LogP contribution >= 0.6 is 0 Å². The molecule has 0 aliphatic rings. The number of allylic oxidation sites excluding steroid dienone is 2. The number of hydrogen-bond donors (Lipinski definition) is 3. The van der Waals surface area contributed by atoms with Gasteiger partial charge in [-0.05, 0) is 32.3 Å². The third-order valence-corrected chi connectivity index (χ3v) is 4.60.